The molecule has 104 valence electrons. The number of carbonyl (C=O) groups excluding carboxylic acids is 1. The van der Waals surface area contributed by atoms with Crippen molar-refractivity contribution >= 4 is 17.6 Å². The van der Waals surface area contributed by atoms with E-state index in [0.29, 0.717) is 17.7 Å². The molecular formula is C14H19NO4. The van der Waals surface area contributed by atoms with Crippen LogP contribution in [0.3, 0.4) is 0 Å². The lowest BCUT2D eigenvalue weighted by Crippen LogP contribution is -2.39. The van der Waals surface area contributed by atoms with Gasteiger partial charge >= 0.3 is 11.9 Å². The number of hydrogen-bond donors (Lipinski definition) is 1. The van der Waals surface area contributed by atoms with Crippen molar-refractivity contribution in [3.05, 3.63) is 29.8 Å². The van der Waals surface area contributed by atoms with Gasteiger partial charge in [-0.3, -0.25) is 0 Å². The van der Waals surface area contributed by atoms with E-state index in [1.54, 1.807) is 36.2 Å². The SMILES string of the molecule is CCCC(C(=O)O)N(C)c1ccccc1C(=O)OC. The fourth-order valence-corrected chi connectivity index (χ4v) is 1.99. The summed E-state index contributed by atoms with van der Waals surface area (Å²) < 4.78 is 4.71. The zero-order valence-electron chi connectivity index (χ0n) is 11.4. The molecule has 0 aromatic heterocycles. The number of likely N-dealkylation sites (N-methyl/N-ethyl adjacent to an activating group) is 1. The molecule has 0 amide bonds. The fraction of sp³-hybridized carbons (Fsp3) is 0.429. The Hall–Kier alpha value is -2.04. The maximum atomic E-state index is 11.7. The van der Waals surface area contributed by atoms with Crippen LogP contribution in [0.5, 0.6) is 0 Å². The second-order valence-corrected chi connectivity index (χ2v) is 4.26. The summed E-state index contributed by atoms with van der Waals surface area (Å²) in [6, 6.07) is 6.18. The maximum absolute atomic E-state index is 11.7. The Kier molecular flexibility index (Phi) is 5.36. The van der Waals surface area contributed by atoms with E-state index in [0.717, 1.165) is 6.42 Å². The number of para-hydroxylation sites is 1. The average Bonchev–Trinajstić information content (AvgIpc) is 2.42. The number of carbonyl (C=O) groups is 2. The molecule has 0 spiro atoms. The van der Waals surface area contributed by atoms with Gasteiger partial charge in [-0.15, -0.1) is 0 Å². The second kappa shape index (κ2) is 6.78. The number of aliphatic carboxylic acids is 1. The van der Waals surface area contributed by atoms with Gasteiger partial charge in [-0.1, -0.05) is 25.5 Å². The standard InChI is InChI=1S/C14H19NO4/c1-4-7-12(13(16)17)15(2)11-9-6-5-8-10(11)14(18)19-3/h5-6,8-9,12H,4,7H2,1-3H3,(H,16,17). The van der Waals surface area contributed by atoms with E-state index < -0.39 is 18.0 Å². The summed E-state index contributed by atoms with van der Waals surface area (Å²) >= 11 is 0. The van der Waals surface area contributed by atoms with Crippen LogP contribution >= 0.6 is 0 Å². The third-order valence-electron chi connectivity index (χ3n) is 3.00. The number of carboxylic acid groups (broad SMARTS) is 1. The lowest BCUT2D eigenvalue weighted by molar-refractivity contribution is -0.138. The van der Waals surface area contributed by atoms with E-state index in [1.807, 2.05) is 6.92 Å². The first-order valence-corrected chi connectivity index (χ1v) is 6.15. The first-order chi connectivity index (χ1) is 9.02. The van der Waals surface area contributed by atoms with Gasteiger partial charge in [-0.25, -0.2) is 9.59 Å². The molecule has 0 saturated carbocycles. The number of nitrogens with zero attached hydrogens (tertiary/aromatic N) is 1. The number of ether oxygens (including phenoxy) is 1. The molecule has 0 bridgehead atoms. The van der Waals surface area contributed by atoms with Crippen LogP contribution in [0.15, 0.2) is 24.3 Å². The van der Waals surface area contributed by atoms with Crippen LogP contribution < -0.4 is 4.90 Å². The molecule has 1 unspecified atom stereocenters. The predicted molar refractivity (Wildman–Crippen MR) is 72.5 cm³/mol. The van der Waals surface area contributed by atoms with Gasteiger partial charge in [-0.05, 0) is 18.6 Å². The lowest BCUT2D eigenvalue weighted by Gasteiger charge is -2.28. The van der Waals surface area contributed by atoms with Crippen LogP contribution in [-0.2, 0) is 9.53 Å². The zero-order valence-corrected chi connectivity index (χ0v) is 11.4. The molecule has 19 heavy (non-hydrogen) atoms. The van der Waals surface area contributed by atoms with Gasteiger partial charge in [0.25, 0.3) is 0 Å². The van der Waals surface area contributed by atoms with E-state index in [9.17, 15) is 14.7 Å². The Balaban J connectivity index is 3.13. The fourth-order valence-electron chi connectivity index (χ4n) is 1.99. The van der Waals surface area contributed by atoms with Crippen molar-refractivity contribution in [2.45, 2.75) is 25.8 Å². The molecule has 1 atom stereocenters. The summed E-state index contributed by atoms with van der Waals surface area (Å²) in [7, 11) is 2.98. The summed E-state index contributed by atoms with van der Waals surface area (Å²) in [4.78, 5) is 24.6. The lowest BCUT2D eigenvalue weighted by atomic mass is 10.1. The van der Waals surface area contributed by atoms with E-state index in [2.05, 4.69) is 0 Å². The predicted octanol–water partition coefficient (Wildman–Crippen LogP) is 2.16. The summed E-state index contributed by atoms with van der Waals surface area (Å²) in [6.07, 6.45) is 1.27. The number of carboxylic acids is 1. The highest BCUT2D eigenvalue weighted by Gasteiger charge is 2.25. The highest BCUT2D eigenvalue weighted by Crippen LogP contribution is 2.23. The van der Waals surface area contributed by atoms with Crippen LogP contribution in [0.25, 0.3) is 0 Å². The van der Waals surface area contributed by atoms with E-state index in [1.165, 1.54) is 7.11 Å². The number of benzene rings is 1. The van der Waals surface area contributed by atoms with Crippen molar-refractivity contribution in [1.29, 1.82) is 0 Å². The third-order valence-corrected chi connectivity index (χ3v) is 3.00. The highest BCUT2D eigenvalue weighted by molar-refractivity contribution is 5.96. The Morgan fingerprint density at radius 1 is 1.37 bits per heavy atom. The van der Waals surface area contributed by atoms with Crippen molar-refractivity contribution in [3.63, 3.8) is 0 Å². The Morgan fingerprint density at radius 2 is 2.00 bits per heavy atom. The van der Waals surface area contributed by atoms with Gasteiger partial charge in [0.1, 0.15) is 6.04 Å². The molecule has 1 N–H and O–H groups in total. The molecule has 0 saturated heterocycles. The summed E-state index contributed by atoms with van der Waals surface area (Å²) in [5.74, 6) is -1.37. The Labute approximate surface area is 112 Å². The first-order valence-electron chi connectivity index (χ1n) is 6.15. The monoisotopic (exact) mass is 265 g/mol. The van der Waals surface area contributed by atoms with Crippen molar-refractivity contribution in [2.75, 3.05) is 19.1 Å². The molecule has 1 rings (SSSR count). The van der Waals surface area contributed by atoms with Crippen molar-refractivity contribution in [1.82, 2.24) is 0 Å². The van der Waals surface area contributed by atoms with Crippen LogP contribution in [0, 0.1) is 0 Å². The van der Waals surface area contributed by atoms with Crippen molar-refractivity contribution in [3.8, 4) is 0 Å². The van der Waals surface area contributed by atoms with Crippen molar-refractivity contribution < 1.29 is 19.4 Å². The van der Waals surface area contributed by atoms with Gasteiger partial charge in [0, 0.05) is 7.05 Å². The summed E-state index contributed by atoms with van der Waals surface area (Å²) in [5.41, 5.74) is 0.935. The molecule has 0 fully saturated rings. The number of esters is 1. The third kappa shape index (κ3) is 3.47. The number of anilines is 1. The van der Waals surface area contributed by atoms with Gasteiger partial charge in [-0.2, -0.15) is 0 Å². The maximum Gasteiger partial charge on any atom is 0.339 e. The smallest absolute Gasteiger partial charge is 0.339 e. The minimum absolute atomic E-state index is 0.370. The van der Waals surface area contributed by atoms with Gasteiger partial charge in [0.2, 0.25) is 0 Å². The zero-order chi connectivity index (χ0) is 14.4. The molecule has 0 radical (unpaired) electrons. The number of rotatable bonds is 6. The highest BCUT2D eigenvalue weighted by atomic mass is 16.5. The molecule has 1 aromatic carbocycles. The number of methoxy groups -OCH3 is 1. The molecule has 5 nitrogen and oxygen atoms in total. The van der Waals surface area contributed by atoms with E-state index in [4.69, 9.17) is 4.74 Å². The Morgan fingerprint density at radius 3 is 2.53 bits per heavy atom. The molecule has 1 aromatic rings. The quantitative estimate of drug-likeness (QED) is 0.798. The van der Waals surface area contributed by atoms with Crippen LogP contribution in [-0.4, -0.2) is 37.2 Å². The van der Waals surface area contributed by atoms with Gasteiger partial charge in [0.15, 0.2) is 0 Å². The normalized spacial score (nSPS) is 11.7. The van der Waals surface area contributed by atoms with E-state index in [-0.39, 0.29) is 0 Å². The minimum Gasteiger partial charge on any atom is -0.480 e. The molecule has 0 heterocycles. The molecular weight excluding hydrogens is 246 g/mol. The number of hydrogen-bond acceptors (Lipinski definition) is 4. The van der Waals surface area contributed by atoms with Crippen LogP contribution in [0.2, 0.25) is 0 Å². The van der Waals surface area contributed by atoms with Gasteiger partial charge in [0.05, 0.1) is 18.4 Å². The second-order valence-electron chi connectivity index (χ2n) is 4.26. The Bertz CT molecular complexity index is 459. The molecule has 0 aliphatic heterocycles. The molecule has 5 heteroatoms. The summed E-state index contributed by atoms with van der Waals surface area (Å²) in [6.45, 7) is 1.93. The average molecular weight is 265 g/mol. The van der Waals surface area contributed by atoms with Crippen LogP contribution in [0.1, 0.15) is 30.1 Å². The van der Waals surface area contributed by atoms with Crippen LogP contribution in [0.4, 0.5) is 5.69 Å². The van der Waals surface area contributed by atoms with E-state index >= 15 is 0 Å². The van der Waals surface area contributed by atoms with Gasteiger partial charge < -0.3 is 14.7 Å². The molecule has 0 aliphatic rings. The first kappa shape index (κ1) is 15.0. The minimum atomic E-state index is -0.899. The topological polar surface area (TPSA) is 66.8 Å². The van der Waals surface area contributed by atoms with Crippen molar-refractivity contribution in [2.24, 2.45) is 0 Å². The largest absolute Gasteiger partial charge is 0.480 e. The molecule has 0 aliphatic carbocycles. The summed E-state index contributed by atoms with van der Waals surface area (Å²) in [5, 5.41) is 9.26.